The molecule has 5 rings (SSSR count). The second-order valence-corrected chi connectivity index (χ2v) is 10.2. The molecule has 5 nitrogen and oxygen atoms in total. The van der Waals surface area contributed by atoms with E-state index in [1.165, 1.54) is 11.8 Å². The second-order valence-electron chi connectivity index (χ2n) is 8.49. The lowest BCUT2D eigenvalue weighted by molar-refractivity contribution is -0.123. The summed E-state index contributed by atoms with van der Waals surface area (Å²) in [6.07, 6.45) is 0. The summed E-state index contributed by atoms with van der Waals surface area (Å²) in [6.45, 7) is 4.92. The number of hydrogen-bond donors (Lipinski definition) is 1. The van der Waals surface area contributed by atoms with Crippen molar-refractivity contribution in [2.75, 3.05) is 22.5 Å². The summed E-state index contributed by atoms with van der Waals surface area (Å²) < 4.78 is 0. The van der Waals surface area contributed by atoms with Gasteiger partial charge in [-0.15, -0.1) is 11.8 Å². The van der Waals surface area contributed by atoms with Gasteiger partial charge in [0.2, 0.25) is 0 Å². The maximum Gasteiger partial charge on any atom is 0.323 e. The molecule has 3 aromatic carbocycles. The minimum atomic E-state index is -1.13. The van der Waals surface area contributed by atoms with Crippen molar-refractivity contribution in [1.82, 2.24) is 4.90 Å². The van der Waals surface area contributed by atoms with Crippen LogP contribution in [0.5, 0.6) is 0 Å². The number of halogens is 1. The molecule has 2 heterocycles. The van der Waals surface area contributed by atoms with Crippen molar-refractivity contribution in [2.24, 2.45) is 0 Å². The van der Waals surface area contributed by atoms with Crippen LogP contribution in [0.2, 0.25) is 5.02 Å². The van der Waals surface area contributed by atoms with Crippen molar-refractivity contribution in [3.05, 3.63) is 94.0 Å². The highest BCUT2D eigenvalue weighted by Crippen LogP contribution is 2.55. The van der Waals surface area contributed by atoms with E-state index in [1.807, 2.05) is 68.4 Å². The third-order valence-electron chi connectivity index (χ3n) is 6.09. The van der Waals surface area contributed by atoms with Gasteiger partial charge < -0.3 is 10.2 Å². The van der Waals surface area contributed by atoms with Crippen LogP contribution in [-0.2, 0) is 16.2 Å². The average molecular weight is 478 g/mol. The van der Waals surface area contributed by atoms with E-state index in [-0.39, 0.29) is 11.9 Å². The molecular weight excluding hydrogens is 454 g/mol. The third kappa shape index (κ3) is 3.77. The van der Waals surface area contributed by atoms with Crippen LogP contribution < -0.4 is 10.2 Å². The standard InChI is InChI=1S/C26H24ClN3O2S/c1-17-5-3-7-19(13-17)16-29-23-10-9-20(27)15-22(23)26(24(29)31)30(11-12-33-26)25(32)28-21-8-4-6-18(2)14-21/h3-10,13-15H,11-12,16H2,1-2H3,(H,28,32). The number of hydrogen-bond acceptors (Lipinski definition) is 3. The predicted molar refractivity (Wildman–Crippen MR) is 135 cm³/mol. The minimum Gasteiger partial charge on any atom is -0.308 e. The molecule has 0 saturated carbocycles. The maximum absolute atomic E-state index is 14.0. The molecule has 2 aliphatic rings. The lowest BCUT2D eigenvalue weighted by atomic mass is 10.1. The number of aryl methyl sites for hydroxylation is 2. The number of nitrogens with zero attached hydrogens (tertiary/aromatic N) is 2. The number of carbonyl (C=O) groups excluding carboxylic acids is 2. The highest BCUT2D eigenvalue weighted by Gasteiger charge is 2.59. The molecule has 0 radical (unpaired) electrons. The molecule has 33 heavy (non-hydrogen) atoms. The molecule has 1 saturated heterocycles. The lowest BCUT2D eigenvalue weighted by Crippen LogP contribution is -2.51. The van der Waals surface area contributed by atoms with Crippen molar-refractivity contribution in [3.63, 3.8) is 0 Å². The van der Waals surface area contributed by atoms with Crippen LogP contribution in [0.15, 0.2) is 66.7 Å². The van der Waals surface area contributed by atoms with Crippen LogP contribution >= 0.6 is 23.4 Å². The van der Waals surface area contributed by atoms with Crippen LogP contribution in [0.1, 0.15) is 22.3 Å². The fraction of sp³-hybridized carbons (Fsp3) is 0.231. The molecule has 168 valence electrons. The summed E-state index contributed by atoms with van der Waals surface area (Å²) in [5.74, 6) is 0.556. The van der Waals surface area contributed by atoms with Gasteiger partial charge in [0.25, 0.3) is 5.91 Å². The first kappa shape index (κ1) is 21.9. The van der Waals surface area contributed by atoms with Crippen LogP contribution in [0.25, 0.3) is 0 Å². The van der Waals surface area contributed by atoms with Gasteiger partial charge in [-0.25, -0.2) is 4.79 Å². The molecule has 3 amide bonds. The Labute approximate surface area is 202 Å². The van der Waals surface area contributed by atoms with Gasteiger partial charge >= 0.3 is 6.03 Å². The molecule has 0 aliphatic carbocycles. The zero-order chi connectivity index (χ0) is 23.2. The Balaban J connectivity index is 1.54. The fourth-order valence-electron chi connectivity index (χ4n) is 4.65. The van der Waals surface area contributed by atoms with E-state index in [0.717, 1.165) is 27.9 Å². The molecule has 3 aromatic rings. The number of amides is 3. The van der Waals surface area contributed by atoms with Crippen molar-refractivity contribution in [1.29, 1.82) is 0 Å². The number of carbonyl (C=O) groups is 2. The van der Waals surface area contributed by atoms with Gasteiger partial charge in [-0.3, -0.25) is 9.69 Å². The van der Waals surface area contributed by atoms with Crippen LogP contribution in [0, 0.1) is 13.8 Å². The van der Waals surface area contributed by atoms with E-state index in [1.54, 1.807) is 15.9 Å². The number of thioether (sulfide) groups is 1. The Bertz CT molecular complexity index is 1260. The van der Waals surface area contributed by atoms with E-state index >= 15 is 0 Å². The summed E-state index contributed by atoms with van der Waals surface area (Å²) >= 11 is 7.87. The Hall–Kier alpha value is -2.96. The SMILES string of the molecule is Cc1cccc(CN2C(=O)C3(SCCN3C(=O)Nc3cccc(C)c3)c3cc(Cl)ccc32)c1. The van der Waals surface area contributed by atoms with E-state index in [2.05, 4.69) is 11.4 Å². The van der Waals surface area contributed by atoms with Gasteiger partial charge in [0, 0.05) is 28.6 Å². The van der Waals surface area contributed by atoms with E-state index in [0.29, 0.717) is 29.6 Å². The Morgan fingerprint density at radius 3 is 2.58 bits per heavy atom. The van der Waals surface area contributed by atoms with Gasteiger partial charge in [0.15, 0.2) is 4.87 Å². The number of urea groups is 1. The first-order valence-corrected chi connectivity index (χ1v) is 12.2. The average Bonchev–Trinajstić information content (AvgIpc) is 3.31. The summed E-state index contributed by atoms with van der Waals surface area (Å²) in [6, 6.07) is 21.0. The Morgan fingerprint density at radius 1 is 1.06 bits per heavy atom. The minimum absolute atomic E-state index is 0.108. The Morgan fingerprint density at radius 2 is 1.82 bits per heavy atom. The first-order valence-electron chi connectivity index (χ1n) is 10.9. The smallest absolute Gasteiger partial charge is 0.308 e. The summed E-state index contributed by atoms with van der Waals surface area (Å²) in [7, 11) is 0. The molecule has 1 spiro atoms. The van der Waals surface area contributed by atoms with Crippen molar-refractivity contribution in [3.8, 4) is 0 Å². The van der Waals surface area contributed by atoms with E-state index < -0.39 is 4.87 Å². The molecule has 0 aromatic heterocycles. The van der Waals surface area contributed by atoms with Crippen LogP contribution in [0.3, 0.4) is 0 Å². The number of anilines is 2. The number of nitrogens with one attached hydrogen (secondary N) is 1. The number of rotatable bonds is 3. The number of benzene rings is 3. The van der Waals surface area contributed by atoms with Gasteiger partial charge in [-0.1, -0.05) is 53.6 Å². The third-order valence-corrected chi connectivity index (χ3v) is 7.75. The number of fused-ring (bicyclic) bond motifs is 2. The van der Waals surface area contributed by atoms with E-state index in [4.69, 9.17) is 11.6 Å². The molecule has 1 unspecified atom stereocenters. The van der Waals surface area contributed by atoms with Gasteiger partial charge in [0.05, 0.1) is 12.2 Å². The second kappa shape index (κ2) is 8.43. The van der Waals surface area contributed by atoms with Crippen molar-refractivity contribution >= 4 is 46.7 Å². The summed E-state index contributed by atoms with van der Waals surface area (Å²) in [5.41, 5.74) is 5.51. The van der Waals surface area contributed by atoms with E-state index in [9.17, 15) is 9.59 Å². The predicted octanol–water partition coefficient (Wildman–Crippen LogP) is 5.94. The van der Waals surface area contributed by atoms with Gasteiger partial charge in [-0.05, 0) is 55.3 Å². The van der Waals surface area contributed by atoms with Crippen LogP contribution in [0.4, 0.5) is 16.2 Å². The van der Waals surface area contributed by atoms with Gasteiger partial charge in [-0.2, -0.15) is 0 Å². The Kier molecular flexibility index (Phi) is 5.59. The monoisotopic (exact) mass is 477 g/mol. The maximum atomic E-state index is 14.0. The highest BCUT2D eigenvalue weighted by molar-refractivity contribution is 8.01. The highest BCUT2D eigenvalue weighted by atomic mass is 35.5. The largest absolute Gasteiger partial charge is 0.323 e. The molecule has 1 N–H and O–H groups in total. The fourth-order valence-corrected chi connectivity index (χ4v) is 6.28. The summed E-state index contributed by atoms with van der Waals surface area (Å²) in [5, 5.41) is 3.53. The summed E-state index contributed by atoms with van der Waals surface area (Å²) in [4.78, 5) is 29.8. The topological polar surface area (TPSA) is 52.7 Å². The van der Waals surface area contributed by atoms with Crippen molar-refractivity contribution < 1.29 is 9.59 Å². The zero-order valence-corrected chi connectivity index (χ0v) is 20.0. The quantitative estimate of drug-likeness (QED) is 0.508. The van der Waals surface area contributed by atoms with Crippen molar-refractivity contribution in [2.45, 2.75) is 25.3 Å². The van der Waals surface area contributed by atoms with Gasteiger partial charge in [0.1, 0.15) is 0 Å². The molecular formula is C26H24ClN3O2S. The normalized spacial score (nSPS) is 19.3. The zero-order valence-electron chi connectivity index (χ0n) is 18.5. The first-order chi connectivity index (χ1) is 15.9. The lowest BCUT2D eigenvalue weighted by Gasteiger charge is -2.33. The molecule has 1 atom stereocenters. The molecule has 0 bridgehead atoms. The van der Waals surface area contributed by atoms with Crippen LogP contribution in [-0.4, -0.2) is 29.1 Å². The molecule has 2 aliphatic heterocycles. The molecule has 7 heteroatoms. The molecule has 1 fully saturated rings.